The van der Waals surface area contributed by atoms with Gasteiger partial charge in [0.15, 0.2) is 0 Å². The number of fused-ring (bicyclic) bond motifs is 3. The quantitative estimate of drug-likeness (QED) is 0.591. The predicted molar refractivity (Wildman–Crippen MR) is 57.8 cm³/mol. The highest BCUT2D eigenvalue weighted by Gasteiger charge is 2.71. The first-order valence-corrected chi connectivity index (χ1v) is 6.75. The van der Waals surface area contributed by atoms with Gasteiger partial charge in [0.05, 0.1) is 0 Å². The number of hydrogen-bond acceptors (Lipinski definition) is 0. The molecule has 78 valence electrons. The average molecular weight is 190 g/mol. The van der Waals surface area contributed by atoms with Crippen LogP contribution in [-0.2, 0) is 0 Å². The first-order chi connectivity index (χ1) is 6.75. The lowest BCUT2D eigenvalue weighted by molar-refractivity contribution is -0.256. The SMILES string of the molecule is CC1C(C)C2(C3C4CCC3C4)CCC12. The average Bonchev–Trinajstić information content (AvgIpc) is 2.71. The molecule has 0 aromatic rings. The van der Waals surface area contributed by atoms with Crippen molar-refractivity contribution in [3.05, 3.63) is 0 Å². The van der Waals surface area contributed by atoms with Gasteiger partial charge in [-0.25, -0.2) is 0 Å². The van der Waals surface area contributed by atoms with Crippen molar-refractivity contribution >= 4 is 0 Å². The second-order valence-electron chi connectivity index (χ2n) is 6.76. The van der Waals surface area contributed by atoms with Gasteiger partial charge in [0.25, 0.3) is 0 Å². The third-order valence-corrected chi connectivity index (χ3v) is 7.00. The molecule has 0 aliphatic heterocycles. The highest BCUT2D eigenvalue weighted by atomic mass is 14.8. The summed E-state index contributed by atoms with van der Waals surface area (Å²) in [5.41, 5.74) is 0.892. The van der Waals surface area contributed by atoms with E-state index in [9.17, 15) is 0 Å². The van der Waals surface area contributed by atoms with Crippen molar-refractivity contribution in [2.45, 2.75) is 46.0 Å². The fraction of sp³-hybridized carbons (Fsp3) is 1.00. The lowest BCUT2D eigenvalue weighted by atomic mass is 9.31. The second kappa shape index (κ2) is 2.23. The molecule has 5 saturated carbocycles. The molecule has 2 bridgehead atoms. The van der Waals surface area contributed by atoms with Crippen LogP contribution in [0.5, 0.6) is 0 Å². The van der Waals surface area contributed by atoms with Crippen molar-refractivity contribution in [1.82, 2.24) is 0 Å². The molecule has 0 aromatic carbocycles. The van der Waals surface area contributed by atoms with Gasteiger partial charge in [-0.05, 0) is 73.0 Å². The molecule has 14 heavy (non-hydrogen) atoms. The van der Waals surface area contributed by atoms with Crippen molar-refractivity contribution in [1.29, 1.82) is 0 Å². The maximum Gasteiger partial charge on any atom is -0.0205 e. The van der Waals surface area contributed by atoms with Crippen LogP contribution in [0.15, 0.2) is 0 Å². The highest BCUT2D eigenvalue weighted by molar-refractivity contribution is 5.19. The summed E-state index contributed by atoms with van der Waals surface area (Å²) in [6.07, 6.45) is 7.96. The minimum absolute atomic E-state index is 0.892. The van der Waals surface area contributed by atoms with Crippen molar-refractivity contribution < 1.29 is 0 Å². The zero-order valence-electron chi connectivity index (χ0n) is 9.50. The fourth-order valence-electron chi connectivity index (χ4n) is 6.17. The number of hydrogen-bond donors (Lipinski definition) is 0. The molecule has 5 aliphatic rings. The van der Waals surface area contributed by atoms with Crippen molar-refractivity contribution in [3.63, 3.8) is 0 Å². The summed E-state index contributed by atoms with van der Waals surface area (Å²) in [7, 11) is 0. The molecule has 0 amide bonds. The largest absolute Gasteiger partial charge is 0.0619 e. The Morgan fingerprint density at radius 3 is 2.14 bits per heavy atom. The Kier molecular flexibility index (Phi) is 1.30. The van der Waals surface area contributed by atoms with Gasteiger partial charge in [-0.3, -0.25) is 0 Å². The summed E-state index contributed by atoms with van der Waals surface area (Å²) in [6.45, 7) is 5.06. The van der Waals surface area contributed by atoms with Crippen LogP contribution in [0.1, 0.15) is 46.0 Å². The van der Waals surface area contributed by atoms with Gasteiger partial charge in [-0.15, -0.1) is 0 Å². The fourth-order valence-corrected chi connectivity index (χ4v) is 6.17. The Labute approximate surface area is 87.5 Å². The standard InChI is InChI=1S/C14H22/c1-8-9(2)14(6-5-12(8)14)13-10-3-4-11(13)7-10/h8-13H,3-7H2,1-2H3. The normalized spacial score (nSPS) is 69.0. The molecule has 0 radical (unpaired) electrons. The molecule has 6 unspecified atom stereocenters. The van der Waals surface area contributed by atoms with Gasteiger partial charge in [-0.2, -0.15) is 0 Å². The van der Waals surface area contributed by atoms with Gasteiger partial charge < -0.3 is 0 Å². The van der Waals surface area contributed by atoms with Crippen LogP contribution in [0.25, 0.3) is 0 Å². The molecule has 0 spiro atoms. The van der Waals surface area contributed by atoms with E-state index < -0.39 is 0 Å². The Bertz CT molecular complexity index is 260. The lowest BCUT2D eigenvalue weighted by Gasteiger charge is -2.74. The lowest BCUT2D eigenvalue weighted by Crippen LogP contribution is -2.68. The van der Waals surface area contributed by atoms with Crippen LogP contribution in [-0.4, -0.2) is 0 Å². The monoisotopic (exact) mass is 190 g/mol. The van der Waals surface area contributed by atoms with E-state index in [-0.39, 0.29) is 0 Å². The van der Waals surface area contributed by atoms with Crippen molar-refractivity contribution in [2.24, 2.45) is 40.9 Å². The molecule has 0 heterocycles. The Morgan fingerprint density at radius 2 is 1.71 bits per heavy atom. The van der Waals surface area contributed by atoms with Crippen molar-refractivity contribution in [3.8, 4) is 0 Å². The van der Waals surface area contributed by atoms with Crippen LogP contribution in [0.4, 0.5) is 0 Å². The van der Waals surface area contributed by atoms with E-state index in [1.54, 1.807) is 32.1 Å². The van der Waals surface area contributed by atoms with Crippen LogP contribution in [0.3, 0.4) is 0 Å². The molecule has 0 nitrogen and oxygen atoms in total. The Balaban J connectivity index is 1.66. The highest BCUT2D eigenvalue weighted by Crippen LogP contribution is 2.77. The first kappa shape index (κ1) is 8.19. The van der Waals surface area contributed by atoms with E-state index in [0.717, 1.165) is 23.2 Å². The van der Waals surface area contributed by atoms with E-state index in [2.05, 4.69) is 13.8 Å². The molecular formula is C14H22. The minimum Gasteiger partial charge on any atom is -0.0619 e. The Hall–Kier alpha value is 0. The van der Waals surface area contributed by atoms with Crippen LogP contribution in [0, 0.1) is 40.9 Å². The van der Waals surface area contributed by atoms with Gasteiger partial charge in [-0.1, -0.05) is 13.8 Å². The summed E-state index contributed by atoms with van der Waals surface area (Å²) in [5, 5.41) is 0. The van der Waals surface area contributed by atoms with E-state index >= 15 is 0 Å². The zero-order chi connectivity index (χ0) is 9.50. The molecule has 6 atom stereocenters. The van der Waals surface area contributed by atoms with E-state index in [0.29, 0.717) is 0 Å². The van der Waals surface area contributed by atoms with Crippen LogP contribution >= 0.6 is 0 Å². The molecular weight excluding hydrogens is 168 g/mol. The molecule has 0 saturated heterocycles. The second-order valence-corrected chi connectivity index (χ2v) is 6.76. The van der Waals surface area contributed by atoms with Gasteiger partial charge in [0.2, 0.25) is 0 Å². The molecule has 0 heteroatoms. The summed E-state index contributed by atoms with van der Waals surface area (Å²) in [6, 6.07) is 0. The van der Waals surface area contributed by atoms with Gasteiger partial charge >= 0.3 is 0 Å². The maximum atomic E-state index is 2.55. The molecule has 0 aromatic heterocycles. The Morgan fingerprint density at radius 1 is 1.00 bits per heavy atom. The minimum atomic E-state index is 0.892. The number of rotatable bonds is 1. The zero-order valence-corrected chi connectivity index (χ0v) is 9.50. The van der Waals surface area contributed by atoms with E-state index in [1.165, 1.54) is 17.8 Å². The predicted octanol–water partition coefficient (Wildman–Crippen LogP) is 3.71. The third-order valence-electron chi connectivity index (χ3n) is 7.00. The van der Waals surface area contributed by atoms with Gasteiger partial charge in [0.1, 0.15) is 0 Å². The summed E-state index contributed by atoms with van der Waals surface area (Å²) < 4.78 is 0. The molecule has 5 rings (SSSR count). The summed E-state index contributed by atoms with van der Waals surface area (Å²) in [4.78, 5) is 0. The van der Waals surface area contributed by atoms with Crippen LogP contribution < -0.4 is 0 Å². The van der Waals surface area contributed by atoms with E-state index in [1.807, 2.05) is 0 Å². The molecule has 5 fully saturated rings. The molecule has 5 aliphatic carbocycles. The molecule has 0 N–H and O–H groups in total. The summed E-state index contributed by atoms with van der Waals surface area (Å²) in [5.74, 6) is 6.84. The smallest absolute Gasteiger partial charge is 0.0205 e. The topological polar surface area (TPSA) is 0 Å². The van der Waals surface area contributed by atoms with Gasteiger partial charge in [0, 0.05) is 0 Å². The van der Waals surface area contributed by atoms with Crippen molar-refractivity contribution in [2.75, 3.05) is 0 Å². The summed E-state index contributed by atoms with van der Waals surface area (Å²) >= 11 is 0. The first-order valence-electron chi connectivity index (χ1n) is 6.75. The van der Waals surface area contributed by atoms with E-state index in [4.69, 9.17) is 0 Å². The maximum absolute atomic E-state index is 2.55. The third kappa shape index (κ3) is 0.605. The van der Waals surface area contributed by atoms with Crippen LogP contribution in [0.2, 0.25) is 0 Å².